The van der Waals surface area contributed by atoms with Crippen molar-refractivity contribution in [3.63, 3.8) is 0 Å². The van der Waals surface area contributed by atoms with Gasteiger partial charge in [-0.05, 0) is 24.3 Å². The van der Waals surface area contributed by atoms with Crippen LogP contribution >= 0.6 is 11.8 Å². The molecule has 1 fully saturated rings. The second-order valence-corrected chi connectivity index (χ2v) is 5.16. The molecule has 1 aliphatic heterocycles. The lowest BCUT2D eigenvalue weighted by Gasteiger charge is -2.18. The van der Waals surface area contributed by atoms with Crippen LogP contribution in [0.3, 0.4) is 0 Å². The molecule has 15 heavy (non-hydrogen) atoms. The van der Waals surface area contributed by atoms with Gasteiger partial charge in [-0.25, -0.2) is 4.98 Å². The Labute approximate surface area is 94.6 Å². The maximum Gasteiger partial charge on any atom is 0.237 e. The van der Waals surface area contributed by atoms with E-state index in [1.54, 1.807) is 13.3 Å². The number of thioether (sulfide) groups is 1. The van der Waals surface area contributed by atoms with Crippen molar-refractivity contribution in [2.24, 2.45) is 0 Å². The summed E-state index contributed by atoms with van der Waals surface area (Å²) in [6.45, 7) is 2.26. The van der Waals surface area contributed by atoms with Gasteiger partial charge in [-0.3, -0.25) is 0 Å². The summed E-state index contributed by atoms with van der Waals surface area (Å²) in [4.78, 5) is 4.17. The van der Waals surface area contributed by atoms with Crippen LogP contribution in [0.15, 0.2) is 18.3 Å². The quantitative estimate of drug-likeness (QED) is 0.855. The predicted molar refractivity (Wildman–Crippen MR) is 64.7 cm³/mol. The summed E-state index contributed by atoms with van der Waals surface area (Å²) in [7, 11) is 1.65. The zero-order chi connectivity index (χ0) is 10.7. The number of pyridine rings is 1. The van der Waals surface area contributed by atoms with Gasteiger partial charge in [0.1, 0.15) is 0 Å². The summed E-state index contributed by atoms with van der Waals surface area (Å²) in [5.74, 6) is 1.92. The predicted octanol–water partition coefficient (Wildman–Crippen LogP) is 2.40. The summed E-state index contributed by atoms with van der Waals surface area (Å²) >= 11 is 2.01. The van der Waals surface area contributed by atoms with E-state index >= 15 is 0 Å². The zero-order valence-corrected chi connectivity index (χ0v) is 9.88. The van der Waals surface area contributed by atoms with Crippen LogP contribution in [0.1, 0.15) is 13.3 Å². The molecule has 82 valence electrons. The van der Waals surface area contributed by atoms with Crippen LogP contribution in [0.4, 0.5) is 5.69 Å². The lowest BCUT2D eigenvalue weighted by atomic mass is 10.1. The van der Waals surface area contributed by atoms with Crippen molar-refractivity contribution < 1.29 is 4.74 Å². The van der Waals surface area contributed by atoms with Crippen LogP contribution in [0.2, 0.25) is 0 Å². The number of nitrogens with zero attached hydrogens (tertiary/aromatic N) is 1. The highest BCUT2D eigenvalue weighted by atomic mass is 32.2. The molecule has 2 rings (SSSR count). The van der Waals surface area contributed by atoms with Gasteiger partial charge in [-0.1, -0.05) is 6.92 Å². The molecule has 0 amide bonds. The third-order valence-electron chi connectivity index (χ3n) is 2.68. The molecule has 1 aromatic heterocycles. The first-order valence-electron chi connectivity index (χ1n) is 5.18. The summed E-state index contributed by atoms with van der Waals surface area (Å²) in [6.07, 6.45) is 2.96. The molecular formula is C11H16N2OS. The molecule has 1 aliphatic rings. The maximum absolute atomic E-state index is 5.21. The van der Waals surface area contributed by atoms with Gasteiger partial charge in [0.05, 0.1) is 12.8 Å². The molecule has 2 atom stereocenters. The average Bonchev–Trinajstić information content (AvgIpc) is 2.65. The number of ether oxygens (including phenoxy) is 1. The normalized spacial score (nSPS) is 25.2. The highest BCUT2D eigenvalue weighted by molar-refractivity contribution is 8.00. The van der Waals surface area contributed by atoms with Crippen LogP contribution in [-0.2, 0) is 0 Å². The summed E-state index contributed by atoms with van der Waals surface area (Å²) in [5, 5.41) is 4.16. The fourth-order valence-electron chi connectivity index (χ4n) is 1.78. The molecule has 0 aromatic carbocycles. The maximum atomic E-state index is 5.21. The third kappa shape index (κ3) is 2.37. The van der Waals surface area contributed by atoms with E-state index in [0.29, 0.717) is 17.2 Å². The van der Waals surface area contributed by atoms with E-state index < -0.39 is 0 Å². The van der Waals surface area contributed by atoms with E-state index in [1.165, 1.54) is 12.2 Å². The minimum Gasteiger partial charge on any atom is -0.480 e. The molecule has 1 saturated heterocycles. The molecule has 0 bridgehead atoms. The van der Waals surface area contributed by atoms with Crippen molar-refractivity contribution in [3.8, 4) is 5.88 Å². The van der Waals surface area contributed by atoms with Crippen molar-refractivity contribution in [3.05, 3.63) is 18.3 Å². The second-order valence-electron chi connectivity index (χ2n) is 3.68. The minimum atomic E-state index is 0.535. The van der Waals surface area contributed by atoms with Crippen molar-refractivity contribution in [1.82, 2.24) is 4.98 Å². The minimum absolute atomic E-state index is 0.535. The molecule has 2 unspecified atom stereocenters. The zero-order valence-electron chi connectivity index (χ0n) is 9.06. The Bertz CT molecular complexity index is 332. The molecule has 0 spiro atoms. The Balaban J connectivity index is 2.09. The van der Waals surface area contributed by atoms with Crippen LogP contribution < -0.4 is 10.1 Å². The average molecular weight is 224 g/mol. The van der Waals surface area contributed by atoms with Crippen molar-refractivity contribution >= 4 is 17.4 Å². The van der Waals surface area contributed by atoms with Gasteiger partial charge in [0.15, 0.2) is 0 Å². The standard InChI is InChI=1S/C11H16N2OS/c1-8-9(5-7-15-8)13-10-4-3-6-12-11(10)14-2/h3-4,6,8-9,13H,5,7H2,1-2H3. The first-order valence-corrected chi connectivity index (χ1v) is 6.23. The second kappa shape index (κ2) is 4.75. The van der Waals surface area contributed by atoms with E-state index in [9.17, 15) is 0 Å². The molecule has 4 heteroatoms. The number of nitrogens with one attached hydrogen (secondary N) is 1. The number of hydrogen-bond acceptors (Lipinski definition) is 4. The van der Waals surface area contributed by atoms with Crippen LogP contribution in [0, 0.1) is 0 Å². The van der Waals surface area contributed by atoms with Gasteiger partial charge < -0.3 is 10.1 Å². The highest BCUT2D eigenvalue weighted by Crippen LogP contribution is 2.30. The van der Waals surface area contributed by atoms with Crippen LogP contribution in [0.5, 0.6) is 5.88 Å². The van der Waals surface area contributed by atoms with Gasteiger partial charge >= 0.3 is 0 Å². The number of hydrogen-bond donors (Lipinski definition) is 1. The summed E-state index contributed by atoms with van der Waals surface area (Å²) < 4.78 is 5.21. The van der Waals surface area contributed by atoms with Crippen LogP contribution in [0.25, 0.3) is 0 Å². The van der Waals surface area contributed by atoms with E-state index in [0.717, 1.165) is 5.69 Å². The van der Waals surface area contributed by atoms with Gasteiger partial charge in [0.2, 0.25) is 5.88 Å². The Kier molecular flexibility index (Phi) is 3.36. The van der Waals surface area contributed by atoms with E-state index in [2.05, 4.69) is 17.2 Å². The first kappa shape index (κ1) is 10.6. The molecule has 1 aromatic rings. The Morgan fingerprint density at radius 3 is 3.13 bits per heavy atom. The van der Waals surface area contributed by atoms with Gasteiger partial charge in [-0.2, -0.15) is 11.8 Å². The molecule has 3 nitrogen and oxygen atoms in total. The van der Waals surface area contributed by atoms with Crippen molar-refractivity contribution in [1.29, 1.82) is 0 Å². The van der Waals surface area contributed by atoms with Crippen LogP contribution in [-0.4, -0.2) is 29.1 Å². The summed E-state index contributed by atoms with van der Waals surface area (Å²) in [5.41, 5.74) is 0.999. The Hall–Kier alpha value is -0.900. The van der Waals surface area contributed by atoms with E-state index in [1.807, 2.05) is 23.9 Å². The fourth-order valence-corrected chi connectivity index (χ4v) is 2.98. The lowest BCUT2D eigenvalue weighted by molar-refractivity contribution is 0.399. The third-order valence-corrected chi connectivity index (χ3v) is 4.01. The molecule has 2 heterocycles. The molecule has 0 aliphatic carbocycles. The molecular weight excluding hydrogens is 208 g/mol. The van der Waals surface area contributed by atoms with Crippen molar-refractivity contribution in [2.75, 3.05) is 18.2 Å². The summed E-state index contributed by atoms with van der Waals surface area (Å²) in [6, 6.07) is 4.48. The van der Waals surface area contributed by atoms with Gasteiger partial charge in [-0.15, -0.1) is 0 Å². The molecule has 1 N–H and O–H groups in total. The molecule has 0 radical (unpaired) electrons. The number of aromatic nitrogens is 1. The largest absolute Gasteiger partial charge is 0.480 e. The molecule has 0 saturated carbocycles. The highest BCUT2D eigenvalue weighted by Gasteiger charge is 2.24. The number of methoxy groups -OCH3 is 1. The lowest BCUT2D eigenvalue weighted by Crippen LogP contribution is -2.25. The Morgan fingerprint density at radius 2 is 2.47 bits per heavy atom. The van der Waals surface area contributed by atoms with Gasteiger partial charge in [0.25, 0.3) is 0 Å². The van der Waals surface area contributed by atoms with Crippen molar-refractivity contribution in [2.45, 2.75) is 24.6 Å². The van der Waals surface area contributed by atoms with E-state index in [-0.39, 0.29) is 0 Å². The topological polar surface area (TPSA) is 34.1 Å². The van der Waals surface area contributed by atoms with E-state index in [4.69, 9.17) is 4.74 Å². The fraction of sp³-hybridized carbons (Fsp3) is 0.545. The monoisotopic (exact) mass is 224 g/mol. The Morgan fingerprint density at radius 1 is 1.60 bits per heavy atom. The number of rotatable bonds is 3. The smallest absolute Gasteiger partial charge is 0.237 e. The first-order chi connectivity index (χ1) is 7.31. The number of anilines is 1. The SMILES string of the molecule is COc1ncccc1NC1CCSC1C. The van der Waals surface area contributed by atoms with Gasteiger partial charge in [0, 0.05) is 17.5 Å².